The first-order valence-corrected chi connectivity index (χ1v) is 9.37. The Morgan fingerprint density at radius 2 is 2.04 bits per heavy atom. The lowest BCUT2D eigenvalue weighted by Crippen LogP contribution is -2.47. The van der Waals surface area contributed by atoms with Gasteiger partial charge in [0.1, 0.15) is 10.9 Å². The number of aromatic nitrogens is 2. The molecule has 0 aliphatic carbocycles. The van der Waals surface area contributed by atoms with Crippen molar-refractivity contribution in [1.29, 1.82) is 0 Å². The van der Waals surface area contributed by atoms with Crippen LogP contribution < -0.4 is 5.73 Å². The zero-order valence-corrected chi connectivity index (χ0v) is 14.7. The van der Waals surface area contributed by atoms with Crippen LogP contribution in [0.15, 0.2) is 17.3 Å². The van der Waals surface area contributed by atoms with Gasteiger partial charge < -0.3 is 10.6 Å². The fourth-order valence-corrected chi connectivity index (χ4v) is 4.46. The number of carbonyl (C=O) groups is 1. The molecule has 2 rings (SSSR count). The second-order valence-corrected chi connectivity index (χ2v) is 7.52. The average molecular weight is 343 g/mol. The molecular formula is C14H25N5O3S. The third kappa shape index (κ3) is 3.41. The zero-order chi connectivity index (χ0) is 17.2. The van der Waals surface area contributed by atoms with Crippen LogP contribution in [-0.2, 0) is 21.4 Å². The van der Waals surface area contributed by atoms with E-state index in [4.69, 9.17) is 5.73 Å². The summed E-state index contributed by atoms with van der Waals surface area (Å²) < 4.78 is 28.5. The van der Waals surface area contributed by atoms with E-state index in [1.165, 1.54) is 16.7 Å². The van der Waals surface area contributed by atoms with Crippen molar-refractivity contribution in [3.05, 3.63) is 12.4 Å². The maximum absolute atomic E-state index is 12.9. The quantitative estimate of drug-likeness (QED) is 0.775. The van der Waals surface area contributed by atoms with Gasteiger partial charge in [0.05, 0.1) is 6.20 Å². The van der Waals surface area contributed by atoms with Gasteiger partial charge in [-0.25, -0.2) is 8.42 Å². The Labute approximate surface area is 137 Å². The number of aryl methyl sites for hydroxylation is 1. The summed E-state index contributed by atoms with van der Waals surface area (Å²) in [5.41, 5.74) is 5.94. The highest BCUT2D eigenvalue weighted by molar-refractivity contribution is 7.89. The SMILES string of the molecule is CCN(CC)C(=O)[C@@H]1C[C@H](N)CN1S(=O)(=O)c1cnn(CC)c1. The van der Waals surface area contributed by atoms with Gasteiger partial charge in [-0.05, 0) is 27.2 Å². The number of likely N-dealkylation sites (N-methyl/N-ethyl adjacent to an activating group) is 1. The summed E-state index contributed by atoms with van der Waals surface area (Å²) in [7, 11) is -3.78. The average Bonchev–Trinajstić information content (AvgIpc) is 3.15. The molecule has 0 radical (unpaired) electrons. The maximum atomic E-state index is 12.9. The van der Waals surface area contributed by atoms with Gasteiger partial charge in [-0.2, -0.15) is 9.40 Å². The summed E-state index contributed by atoms with van der Waals surface area (Å²) in [6.07, 6.45) is 3.15. The second-order valence-electron chi connectivity index (χ2n) is 5.63. The molecule has 1 amide bonds. The topological polar surface area (TPSA) is 102 Å². The highest BCUT2D eigenvalue weighted by atomic mass is 32.2. The monoisotopic (exact) mass is 343 g/mol. The lowest BCUT2D eigenvalue weighted by molar-refractivity contribution is -0.134. The lowest BCUT2D eigenvalue weighted by Gasteiger charge is -2.27. The fourth-order valence-electron chi connectivity index (χ4n) is 2.86. The first-order chi connectivity index (χ1) is 10.8. The van der Waals surface area contributed by atoms with Crippen LogP contribution in [0.2, 0.25) is 0 Å². The van der Waals surface area contributed by atoms with Crippen molar-refractivity contribution in [3.63, 3.8) is 0 Å². The van der Waals surface area contributed by atoms with Gasteiger partial charge in [-0.15, -0.1) is 0 Å². The van der Waals surface area contributed by atoms with Gasteiger partial charge in [0.2, 0.25) is 15.9 Å². The molecular weight excluding hydrogens is 318 g/mol. The van der Waals surface area contributed by atoms with E-state index in [1.807, 2.05) is 20.8 Å². The molecule has 0 aromatic carbocycles. The number of rotatable bonds is 6. The molecule has 1 aliphatic rings. The Bertz CT molecular complexity index is 653. The standard InChI is InChI=1S/C14H25N5O3S/c1-4-17(5-2)14(20)13-7-11(15)9-19(13)23(21,22)12-8-16-18(6-3)10-12/h8,10-11,13H,4-7,9,15H2,1-3H3/t11-,13-/m0/s1. The molecule has 2 heterocycles. The zero-order valence-electron chi connectivity index (χ0n) is 13.8. The minimum atomic E-state index is -3.78. The van der Waals surface area contributed by atoms with Crippen molar-refractivity contribution in [1.82, 2.24) is 19.0 Å². The largest absolute Gasteiger partial charge is 0.342 e. The van der Waals surface area contributed by atoms with Crippen LogP contribution in [0.3, 0.4) is 0 Å². The molecule has 1 aliphatic heterocycles. The van der Waals surface area contributed by atoms with Crippen LogP contribution in [0.5, 0.6) is 0 Å². The molecule has 1 fully saturated rings. The van der Waals surface area contributed by atoms with E-state index in [-0.39, 0.29) is 23.4 Å². The van der Waals surface area contributed by atoms with E-state index in [2.05, 4.69) is 5.10 Å². The maximum Gasteiger partial charge on any atom is 0.246 e. The number of nitrogens with zero attached hydrogens (tertiary/aromatic N) is 4. The summed E-state index contributed by atoms with van der Waals surface area (Å²) >= 11 is 0. The predicted octanol–water partition coefficient (Wildman–Crippen LogP) is -0.138. The van der Waals surface area contributed by atoms with Crippen LogP contribution in [0, 0.1) is 0 Å². The molecule has 1 saturated heterocycles. The summed E-state index contributed by atoms with van der Waals surface area (Å²) in [6, 6.07) is -1.07. The molecule has 0 unspecified atom stereocenters. The second kappa shape index (κ2) is 6.98. The van der Waals surface area contributed by atoms with Crippen molar-refractivity contribution in [2.24, 2.45) is 5.73 Å². The van der Waals surface area contributed by atoms with Crippen molar-refractivity contribution in [2.75, 3.05) is 19.6 Å². The number of amides is 1. The molecule has 0 bridgehead atoms. The van der Waals surface area contributed by atoms with Crippen LogP contribution >= 0.6 is 0 Å². The predicted molar refractivity (Wildman–Crippen MR) is 86.1 cm³/mol. The first-order valence-electron chi connectivity index (χ1n) is 7.93. The molecule has 9 heteroatoms. The number of nitrogens with two attached hydrogens (primary N) is 1. The lowest BCUT2D eigenvalue weighted by atomic mass is 10.1. The van der Waals surface area contributed by atoms with E-state index in [0.29, 0.717) is 26.1 Å². The van der Waals surface area contributed by atoms with Crippen LogP contribution in [0.1, 0.15) is 27.2 Å². The fraction of sp³-hybridized carbons (Fsp3) is 0.714. The third-order valence-corrected chi connectivity index (χ3v) is 6.02. The molecule has 0 spiro atoms. The van der Waals surface area contributed by atoms with Crippen molar-refractivity contribution in [3.8, 4) is 0 Å². The molecule has 130 valence electrons. The van der Waals surface area contributed by atoms with E-state index in [0.717, 1.165) is 0 Å². The van der Waals surface area contributed by atoms with Gasteiger partial charge in [0, 0.05) is 38.4 Å². The first kappa shape index (κ1) is 17.9. The van der Waals surface area contributed by atoms with E-state index in [1.54, 1.807) is 9.58 Å². The number of sulfonamides is 1. The minimum Gasteiger partial charge on any atom is -0.342 e. The smallest absolute Gasteiger partial charge is 0.246 e. The van der Waals surface area contributed by atoms with Gasteiger partial charge in [0.15, 0.2) is 0 Å². The minimum absolute atomic E-state index is 0.103. The Morgan fingerprint density at radius 1 is 1.39 bits per heavy atom. The highest BCUT2D eigenvalue weighted by Gasteiger charge is 2.44. The van der Waals surface area contributed by atoms with Gasteiger partial charge in [-0.3, -0.25) is 9.48 Å². The van der Waals surface area contributed by atoms with Gasteiger partial charge in [0.25, 0.3) is 0 Å². The molecule has 1 aromatic rings. The molecule has 0 saturated carbocycles. The normalized spacial score (nSPS) is 22.4. The van der Waals surface area contributed by atoms with Crippen LogP contribution in [0.25, 0.3) is 0 Å². The Hall–Kier alpha value is -1.45. The molecule has 2 N–H and O–H groups in total. The van der Waals surface area contributed by atoms with Crippen molar-refractivity contribution >= 4 is 15.9 Å². The highest BCUT2D eigenvalue weighted by Crippen LogP contribution is 2.26. The van der Waals surface area contributed by atoms with Gasteiger partial charge >= 0.3 is 0 Å². The van der Waals surface area contributed by atoms with Crippen LogP contribution in [-0.4, -0.2) is 65.0 Å². The summed E-state index contributed by atoms with van der Waals surface area (Å²) in [6.45, 7) is 7.45. The Kier molecular flexibility index (Phi) is 5.43. The van der Waals surface area contributed by atoms with Crippen LogP contribution in [0.4, 0.5) is 0 Å². The van der Waals surface area contributed by atoms with E-state index >= 15 is 0 Å². The van der Waals surface area contributed by atoms with E-state index < -0.39 is 16.1 Å². The van der Waals surface area contributed by atoms with Crippen molar-refractivity contribution in [2.45, 2.75) is 50.7 Å². The molecule has 2 atom stereocenters. The number of hydrogen-bond donors (Lipinski definition) is 1. The molecule has 23 heavy (non-hydrogen) atoms. The van der Waals surface area contributed by atoms with Gasteiger partial charge in [-0.1, -0.05) is 0 Å². The Balaban J connectivity index is 2.33. The molecule has 8 nitrogen and oxygen atoms in total. The molecule has 1 aromatic heterocycles. The Morgan fingerprint density at radius 3 is 2.57 bits per heavy atom. The number of carbonyl (C=O) groups excluding carboxylic acids is 1. The third-order valence-electron chi connectivity index (χ3n) is 4.19. The summed E-state index contributed by atoms with van der Waals surface area (Å²) in [5, 5.41) is 4.01. The van der Waals surface area contributed by atoms with Crippen molar-refractivity contribution < 1.29 is 13.2 Å². The number of hydrogen-bond acceptors (Lipinski definition) is 5. The van der Waals surface area contributed by atoms with E-state index in [9.17, 15) is 13.2 Å². The summed E-state index contributed by atoms with van der Waals surface area (Å²) in [5.74, 6) is -0.186. The summed E-state index contributed by atoms with van der Waals surface area (Å²) in [4.78, 5) is 14.4.